The summed E-state index contributed by atoms with van der Waals surface area (Å²) in [4.78, 5) is 14.5. The van der Waals surface area contributed by atoms with Crippen molar-refractivity contribution in [1.82, 2.24) is 10.1 Å². The monoisotopic (exact) mass is 362 g/mol. The van der Waals surface area contributed by atoms with Gasteiger partial charge >= 0.3 is 0 Å². The third-order valence-electron chi connectivity index (χ3n) is 4.24. The van der Waals surface area contributed by atoms with Crippen LogP contribution in [0.25, 0.3) is 11.3 Å². The Morgan fingerprint density at radius 1 is 1.19 bits per heavy atom. The van der Waals surface area contributed by atoms with Crippen LogP contribution in [-0.2, 0) is 6.54 Å². The second kappa shape index (κ2) is 8.36. The zero-order valence-electron chi connectivity index (χ0n) is 15.5. The molecule has 0 saturated heterocycles. The molecule has 0 atom stereocenters. The zero-order chi connectivity index (χ0) is 19.2. The van der Waals surface area contributed by atoms with Gasteiger partial charge in [-0.05, 0) is 24.6 Å². The van der Waals surface area contributed by atoms with Crippen molar-refractivity contribution in [1.29, 1.82) is 0 Å². The van der Waals surface area contributed by atoms with Gasteiger partial charge in [0.15, 0.2) is 0 Å². The van der Waals surface area contributed by atoms with Crippen LogP contribution in [0.2, 0.25) is 0 Å². The van der Waals surface area contributed by atoms with Crippen LogP contribution >= 0.6 is 0 Å². The van der Waals surface area contributed by atoms with Gasteiger partial charge in [0.25, 0.3) is 5.91 Å². The minimum absolute atomic E-state index is 0.209. The Morgan fingerprint density at radius 3 is 2.52 bits per heavy atom. The van der Waals surface area contributed by atoms with E-state index in [-0.39, 0.29) is 11.7 Å². The molecule has 0 aliphatic heterocycles. The van der Waals surface area contributed by atoms with Crippen molar-refractivity contribution in [2.75, 3.05) is 13.7 Å². The van der Waals surface area contributed by atoms with E-state index in [4.69, 9.17) is 9.26 Å². The molecule has 3 aromatic rings. The summed E-state index contributed by atoms with van der Waals surface area (Å²) in [6.45, 7) is 6.62. The average Bonchev–Trinajstić information content (AvgIpc) is 3.18. The molecule has 0 spiro atoms. The molecular formula is C22H22N2O3. The largest absolute Gasteiger partial charge is 0.497 e. The molecule has 1 aromatic heterocycles. The smallest absolute Gasteiger partial charge is 0.293 e. The van der Waals surface area contributed by atoms with E-state index in [2.05, 4.69) is 11.7 Å². The van der Waals surface area contributed by atoms with Gasteiger partial charge in [-0.2, -0.15) is 0 Å². The van der Waals surface area contributed by atoms with Gasteiger partial charge in [-0.25, -0.2) is 0 Å². The number of benzene rings is 2. The molecule has 27 heavy (non-hydrogen) atoms. The van der Waals surface area contributed by atoms with Crippen LogP contribution in [0.3, 0.4) is 0 Å². The van der Waals surface area contributed by atoms with Crippen LogP contribution < -0.4 is 4.74 Å². The maximum Gasteiger partial charge on any atom is 0.293 e. The summed E-state index contributed by atoms with van der Waals surface area (Å²) in [6, 6.07) is 17.2. The number of hydrogen-bond donors (Lipinski definition) is 0. The van der Waals surface area contributed by atoms with E-state index in [0.717, 1.165) is 22.4 Å². The van der Waals surface area contributed by atoms with Gasteiger partial charge in [-0.3, -0.25) is 4.79 Å². The molecule has 1 amide bonds. The van der Waals surface area contributed by atoms with Crippen LogP contribution in [0.4, 0.5) is 0 Å². The maximum atomic E-state index is 12.9. The number of rotatable bonds is 7. The van der Waals surface area contributed by atoms with Gasteiger partial charge in [0.2, 0.25) is 5.76 Å². The van der Waals surface area contributed by atoms with Gasteiger partial charge in [0, 0.05) is 24.7 Å². The molecule has 0 radical (unpaired) electrons. The van der Waals surface area contributed by atoms with E-state index >= 15 is 0 Å². The summed E-state index contributed by atoms with van der Waals surface area (Å²) in [6.07, 6.45) is 1.69. The van der Waals surface area contributed by atoms with Crippen LogP contribution in [0.5, 0.6) is 5.75 Å². The number of ether oxygens (including phenoxy) is 1. The molecule has 0 unspecified atom stereocenters. The number of amides is 1. The second-order valence-corrected chi connectivity index (χ2v) is 6.26. The van der Waals surface area contributed by atoms with Crippen molar-refractivity contribution in [3.8, 4) is 17.0 Å². The zero-order valence-corrected chi connectivity index (χ0v) is 15.5. The summed E-state index contributed by atoms with van der Waals surface area (Å²) in [7, 11) is 1.62. The predicted molar refractivity (Wildman–Crippen MR) is 105 cm³/mol. The first-order valence-electron chi connectivity index (χ1n) is 8.67. The lowest BCUT2D eigenvalue weighted by Crippen LogP contribution is -2.30. The topological polar surface area (TPSA) is 55.6 Å². The average molecular weight is 362 g/mol. The molecule has 0 aliphatic rings. The first-order valence-corrected chi connectivity index (χ1v) is 8.67. The normalized spacial score (nSPS) is 10.4. The summed E-state index contributed by atoms with van der Waals surface area (Å²) in [5.74, 6) is 0.760. The van der Waals surface area contributed by atoms with Gasteiger partial charge < -0.3 is 14.2 Å². The van der Waals surface area contributed by atoms with Crippen molar-refractivity contribution < 1.29 is 14.1 Å². The Morgan fingerprint density at radius 2 is 1.89 bits per heavy atom. The minimum atomic E-state index is -0.225. The van der Waals surface area contributed by atoms with Gasteiger partial charge in [-0.1, -0.05) is 53.2 Å². The first-order chi connectivity index (χ1) is 13.1. The van der Waals surface area contributed by atoms with Gasteiger partial charge in [-0.15, -0.1) is 6.58 Å². The SMILES string of the molecule is C=CCN(Cc1ccc(OC)cc1)C(=O)c1cc(-c2ccc(C)cc2)no1. The summed E-state index contributed by atoms with van der Waals surface area (Å²) in [5, 5.41) is 4.04. The maximum absolute atomic E-state index is 12.9. The lowest BCUT2D eigenvalue weighted by Gasteiger charge is -2.19. The van der Waals surface area contributed by atoms with E-state index in [0.29, 0.717) is 18.8 Å². The van der Waals surface area contributed by atoms with Crippen LogP contribution in [0, 0.1) is 6.92 Å². The number of aromatic nitrogens is 1. The Hall–Kier alpha value is -3.34. The molecule has 0 saturated carbocycles. The van der Waals surface area contributed by atoms with Crippen molar-refractivity contribution in [3.63, 3.8) is 0 Å². The van der Waals surface area contributed by atoms with E-state index in [1.54, 1.807) is 24.2 Å². The third-order valence-corrected chi connectivity index (χ3v) is 4.24. The summed E-state index contributed by atoms with van der Waals surface area (Å²) in [5.41, 5.74) is 3.70. The molecular weight excluding hydrogens is 340 g/mol. The molecule has 5 heteroatoms. The molecule has 1 heterocycles. The number of nitrogens with zero attached hydrogens (tertiary/aromatic N) is 2. The van der Waals surface area contributed by atoms with E-state index in [9.17, 15) is 4.79 Å². The molecule has 3 rings (SSSR count). The molecule has 0 N–H and O–H groups in total. The fraction of sp³-hybridized carbons (Fsp3) is 0.182. The first kappa shape index (κ1) is 18.5. The number of carbonyl (C=O) groups excluding carboxylic acids is 1. The molecule has 0 bridgehead atoms. The highest BCUT2D eigenvalue weighted by molar-refractivity contribution is 5.92. The quantitative estimate of drug-likeness (QED) is 0.581. The van der Waals surface area contributed by atoms with Gasteiger partial charge in [0.1, 0.15) is 11.4 Å². The predicted octanol–water partition coefficient (Wildman–Crippen LogP) is 4.49. The lowest BCUT2D eigenvalue weighted by molar-refractivity contribution is 0.0721. The van der Waals surface area contributed by atoms with E-state index in [1.165, 1.54) is 0 Å². The fourth-order valence-corrected chi connectivity index (χ4v) is 2.72. The van der Waals surface area contributed by atoms with Crippen molar-refractivity contribution in [3.05, 3.63) is 84.1 Å². The highest BCUT2D eigenvalue weighted by Gasteiger charge is 2.20. The minimum Gasteiger partial charge on any atom is -0.497 e. The number of aryl methyl sites for hydroxylation is 1. The van der Waals surface area contributed by atoms with Gasteiger partial charge in [0.05, 0.1) is 7.11 Å². The highest BCUT2D eigenvalue weighted by Crippen LogP contribution is 2.21. The molecule has 138 valence electrons. The number of hydrogen-bond acceptors (Lipinski definition) is 4. The molecule has 0 aliphatic carbocycles. The van der Waals surface area contributed by atoms with Crippen molar-refractivity contribution in [2.45, 2.75) is 13.5 Å². The number of carbonyl (C=O) groups is 1. The third kappa shape index (κ3) is 4.44. The highest BCUT2D eigenvalue weighted by atomic mass is 16.5. The second-order valence-electron chi connectivity index (χ2n) is 6.26. The Kier molecular flexibility index (Phi) is 5.71. The lowest BCUT2D eigenvalue weighted by atomic mass is 10.1. The Labute approximate surface area is 158 Å². The standard InChI is InChI=1S/C22H22N2O3/c1-4-13-24(15-17-7-11-19(26-3)12-8-17)22(25)21-14-20(23-27-21)18-9-5-16(2)6-10-18/h4-12,14H,1,13,15H2,2-3H3. The van der Waals surface area contributed by atoms with Crippen LogP contribution in [0.15, 0.2) is 71.8 Å². The number of methoxy groups -OCH3 is 1. The molecule has 5 nitrogen and oxygen atoms in total. The van der Waals surface area contributed by atoms with Crippen LogP contribution in [-0.4, -0.2) is 29.6 Å². The molecule has 2 aromatic carbocycles. The Bertz CT molecular complexity index is 911. The molecule has 0 fully saturated rings. The fourth-order valence-electron chi connectivity index (χ4n) is 2.72. The van der Waals surface area contributed by atoms with E-state index in [1.807, 2.05) is 55.5 Å². The summed E-state index contributed by atoms with van der Waals surface area (Å²) >= 11 is 0. The van der Waals surface area contributed by atoms with Crippen LogP contribution in [0.1, 0.15) is 21.7 Å². The Balaban J connectivity index is 1.78. The van der Waals surface area contributed by atoms with E-state index < -0.39 is 0 Å². The summed E-state index contributed by atoms with van der Waals surface area (Å²) < 4.78 is 10.5. The van der Waals surface area contributed by atoms with Crippen molar-refractivity contribution >= 4 is 5.91 Å². The van der Waals surface area contributed by atoms with Crippen molar-refractivity contribution in [2.24, 2.45) is 0 Å².